The average molecular weight is 399 g/mol. The van der Waals surface area contributed by atoms with Gasteiger partial charge in [-0.05, 0) is 23.1 Å². The van der Waals surface area contributed by atoms with E-state index in [2.05, 4.69) is 5.32 Å². The Kier molecular flexibility index (Phi) is 5.05. The van der Waals surface area contributed by atoms with Gasteiger partial charge in [0.25, 0.3) is 0 Å². The van der Waals surface area contributed by atoms with E-state index in [1.165, 1.54) is 0 Å². The molecule has 0 bridgehead atoms. The molecule has 28 heavy (non-hydrogen) atoms. The molecular formula is C21H19ClN2O4. The zero-order valence-electron chi connectivity index (χ0n) is 15.1. The summed E-state index contributed by atoms with van der Waals surface area (Å²) >= 11 is 6.64. The minimum atomic E-state index is -0.425. The number of halogens is 1. The van der Waals surface area contributed by atoms with Crippen LogP contribution in [0.1, 0.15) is 29.9 Å². The van der Waals surface area contributed by atoms with Crippen molar-refractivity contribution < 1.29 is 19.1 Å². The summed E-state index contributed by atoms with van der Waals surface area (Å²) in [6.07, 6.45) is 0.479. The van der Waals surface area contributed by atoms with Crippen molar-refractivity contribution in [3.05, 3.63) is 58.6 Å². The zero-order chi connectivity index (χ0) is 19.7. The second-order valence-corrected chi connectivity index (χ2v) is 7.32. The van der Waals surface area contributed by atoms with Gasteiger partial charge in [-0.1, -0.05) is 54.1 Å². The largest absolute Gasteiger partial charge is 0.448 e. The van der Waals surface area contributed by atoms with E-state index in [-0.39, 0.29) is 17.9 Å². The maximum atomic E-state index is 12.2. The molecule has 0 saturated carbocycles. The fraction of sp³-hybridized carbons (Fsp3) is 0.286. The number of hydrogen-bond donors (Lipinski definition) is 1. The Morgan fingerprint density at radius 3 is 2.57 bits per heavy atom. The van der Waals surface area contributed by atoms with Gasteiger partial charge in [0.05, 0.1) is 17.5 Å². The minimum Gasteiger partial charge on any atom is -0.448 e. The van der Waals surface area contributed by atoms with Crippen LogP contribution in [0, 0.1) is 0 Å². The van der Waals surface area contributed by atoms with E-state index in [0.717, 1.165) is 22.3 Å². The van der Waals surface area contributed by atoms with Crippen LogP contribution >= 0.6 is 11.6 Å². The minimum absolute atomic E-state index is 0.244. The van der Waals surface area contributed by atoms with Gasteiger partial charge >= 0.3 is 6.09 Å². The number of piperidine rings is 1. The number of amides is 3. The molecule has 7 heteroatoms. The fourth-order valence-corrected chi connectivity index (χ4v) is 3.98. The Morgan fingerprint density at radius 1 is 1.11 bits per heavy atom. The molecule has 0 aliphatic carbocycles. The molecule has 4 rings (SSSR count). The number of carbonyl (C=O) groups excluding carboxylic acids is 3. The van der Waals surface area contributed by atoms with Crippen LogP contribution in [0.5, 0.6) is 0 Å². The van der Waals surface area contributed by atoms with E-state index in [0.29, 0.717) is 37.6 Å². The molecule has 144 valence electrons. The third-order valence-electron chi connectivity index (χ3n) is 5.13. The highest BCUT2D eigenvalue weighted by Gasteiger charge is 2.30. The van der Waals surface area contributed by atoms with E-state index in [1.54, 1.807) is 4.90 Å². The lowest BCUT2D eigenvalue weighted by atomic mass is 9.88. The summed E-state index contributed by atoms with van der Waals surface area (Å²) in [6, 6.07) is 13.4. The maximum absolute atomic E-state index is 12.2. The van der Waals surface area contributed by atoms with Crippen LogP contribution in [-0.2, 0) is 20.9 Å². The van der Waals surface area contributed by atoms with Crippen molar-refractivity contribution in [2.24, 2.45) is 0 Å². The highest BCUT2D eigenvalue weighted by Crippen LogP contribution is 2.37. The number of ether oxygens (including phenoxy) is 1. The first kappa shape index (κ1) is 18.5. The van der Waals surface area contributed by atoms with Gasteiger partial charge < -0.3 is 9.64 Å². The van der Waals surface area contributed by atoms with Crippen molar-refractivity contribution in [1.29, 1.82) is 0 Å². The number of rotatable bonds is 4. The molecule has 0 spiro atoms. The van der Waals surface area contributed by atoms with E-state index in [4.69, 9.17) is 16.3 Å². The lowest BCUT2D eigenvalue weighted by Gasteiger charge is -2.23. The van der Waals surface area contributed by atoms with Crippen molar-refractivity contribution in [2.45, 2.75) is 25.3 Å². The third kappa shape index (κ3) is 3.60. The quantitative estimate of drug-likeness (QED) is 0.800. The normalized spacial score (nSPS) is 19.5. The van der Waals surface area contributed by atoms with Crippen LogP contribution in [0.2, 0.25) is 5.02 Å². The predicted molar refractivity (Wildman–Crippen MR) is 104 cm³/mol. The van der Waals surface area contributed by atoms with E-state index in [9.17, 15) is 14.4 Å². The highest BCUT2D eigenvalue weighted by atomic mass is 35.5. The van der Waals surface area contributed by atoms with Gasteiger partial charge in [0.2, 0.25) is 11.8 Å². The highest BCUT2D eigenvalue weighted by molar-refractivity contribution is 6.34. The van der Waals surface area contributed by atoms with Gasteiger partial charge in [-0.25, -0.2) is 4.79 Å². The Labute approximate surface area is 167 Å². The van der Waals surface area contributed by atoms with Crippen molar-refractivity contribution in [2.75, 3.05) is 13.2 Å². The van der Waals surface area contributed by atoms with E-state index >= 15 is 0 Å². The van der Waals surface area contributed by atoms with Crippen molar-refractivity contribution in [1.82, 2.24) is 10.2 Å². The van der Waals surface area contributed by atoms with Gasteiger partial charge in [0, 0.05) is 18.5 Å². The molecule has 0 radical (unpaired) electrons. The van der Waals surface area contributed by atoms with Crippen LogP contribution in [0.25, 0.3) is 11.1 Å². The maximum Gasteiger partial charge on any atom is 0.410 e. The summed E-state index contributed by atoms with van der Waals surface area (Å²) < 4.78 is 4.95. The molecule has 1 unspecified atom stereocenters. The van der Waals surface area contributed by atoms with Crippen LogP contribution in [0.15, 0.2) is 42.5 Å². The van der Waals surface area contributed by atoms with Crippen molar-refractivity contribution >= 4 is 29.5 Å². The topological polar surface area (TPSA) is 75.7 Å². The lowest BCUT2D eigenvalue weighted by Crippen LogP contribution is -2.39. The van der Waals surface area contributed by atoms with Crippen LogP contribution in [-0.4, -0.2) is 36.0 Å². The zero-order valence-corrected chi connectivity index (χ0v) is 15.9. The Bertz CT molecular complexity index is 942. The van der Waals surface area contributed by atoms with Crippen molar-refractivity contribution in [3.8, 4) is 11.1 Å². The molecule has 6 nitrogen and oxygen atoms in total. The summed E-state index contributed by atoms with van der Waals surface area (Å²) in [4.78, 5) is 36.8. The molecule has 2 aromatic carbocycles. The van der Waals surface area contributed by atoms with Gasteiger partial charge in [0.1, 0.15) is 6.61 Å². The molecule has 1 atom stereocenters. The number of carbonyl (C=O) groups is 3. The number of benzene rings is 2. The van der Waals surface area contributed by atoms with E-state index < -0.39 is 5.92 Å². The standard InChI is InChI=1S/C21H19ClN2O4/c22-19-15(2-1-3-16(19)17-8-9-18(25)23-20(17)26)14-6-4-13(5-7-14)12-24-10-11-28-21(24)27/h1-7,17H,8-12H2,(H,23,25,26). The Morgan fingerprint density at radius 2 is 1.89 bits per heavy atom. The van der Waals surface area contributed by atoms with Gasteiger partial charge in [-0.15, -0.1) is 0 Å². The average Bonchev–Trinajstić information content (AvgIpc) is 3.08. The van der Waals surface area contributed by atoms with Gasteiger partial charge in [-0.2, -0.15) is 0 Å². The molecule has 2 aromatic rings. The first-order valence-electron chi connectivity index (χ1n) is 9.16. The molecular weight excluding hydrogens is 380 g/mol. The molecule has 0 aromatic heterocycles. The molecule has 2 aliphatic rings. The molecule has 3 amide bonds. The summed E-state index contributed by atoms with van der Waals surface area (Å²) in [5.41, 5.74) is 3.48. The van der Waals surface area contributed by atoms with Crippen LogP contribution in [0.4, 0.5) is 4.79 Å². The second kappa shape index (κ2) is 7.64. The van der Waals surface area contributed by atoms with Crippen LogP contribution < -0.4 is 5.32 Å². The first-order chi connectivity index (χ1) is 13.5. The summed E-state index contributed by atoms with van der Waals surface area (Å²) in [5.74, 6) is -0.972. The first-order valence-corrected chi connectivity index (χ1v) is 9.54. The Balaban J connectivity index is 1.57. The predicted octanol–water partition coefficient (Wildman–Crippen LogP) is 3.48. The lowest BCUT2D eigenvalue weighted by molar-refractivity contribution is -0.134. The van der Waals surface area contributed by atoms with Gasteiger partial charge in [-0.3, -0.25) is 14.9 Å². The number of hydrogen-bond acceptors (Lipinski definition) is 4. The number of nitrogens with one attached hydrogen (secondary N) is 1. The number of cyclic esters (lactones) is 1. The summed E-state index contributed by atoms with van der Waals surface area (Å²) in [7, 11) is 0. The smallest absolute Gasteiger partial charge is 0.410 e. The molecule has 2 fully saturated rings. The monoisotopic (exact) mass is 398 g/mol. The van der Waals surface area contributed by atoms with Crippen molar-refractivity contribution in [3.63, 3.8) is 0 Å². The van der Waals surface area contributed by atoms with E-state index in [1.807, 2.05) is 42.5 Å². The summed E-state index contributed by atoms with van der Waals surface area (Å²) in [6.45, 7) is 1.53. The fourth-order valence-electron chi connectivity index (χ4n) is 3.61. The SMILES string of the molecule is O=C1CCC(c2cccc(-c3ccc(CN4CCOC4=O)cc3)c2Cl)C(=O)N1. The second-order valence-electron chi connectivity index (χ2n) is 6.95. The Hall–Kier alpha value is -2.86. The third-order valence-corrected chi connectivity index (χ3v) is 5.55. The molecule has 2 saturated heterocycles. The van der Waals surface area contributed by atoms with Crippen LogP contribution in [0.3, 0.4) is 0 Å². The molecule has 1 N–H and O–H groups in total. The van der Waals surface area contributed by atoms with Gasteiger partial charge in [0.15, 0.2) is 0 Å². The number of nitrogens with zero attached hydrogens (tertiary/aromatic N) is 1. The molecule has 2 heterocycles. The summed E-state index contributed by atoms with van der Waals surface area (Å²) in [5, 5.41) is 2.90. The molecule has 2 aliphatic heterocycles. The number of imide groups is 1.